The molecule has 184 valence electrons. The minimum atomic E-state index is -0.0395. The fourth-order valence-electron chi connectivity index (χ4n) is 4.99. The molecule has 1 amide bonds. The molecule has 1 aromatic heterocycles. The second-order valence-electron chi connectivity index (χ2n) is 9.50. The molecule has 1 N–H and O–H groups in total. The quantitative estimate of drug-likeness (QED) is 0.504. The maximum absolute atomic E-state index is 12.9. The lowest BCUT2D eigenvalue weighted by Crippen LogP contribution is -2.42. The van der Waals surface area contributed by atoms with Crippen LogP contribution in [0.15, 0.2) is 53.1 Å². The molecule has 2 aromatic carbocycles. The Hall–Kier alpha value is -2.90. The standard InChI is InChI=1S/C27H32ClN5O2/c28-24-9-3-2-8-23(24)26-30-25(35-31-26)19-32-14-6-7-21(18-32)27(34)29-17-20-10-12-22(13-11-20)33-15-4-1-5-16-33/h2-3,8-13,21H,1,4-7,14-19H2,(H,29,34). The molecule has 2 saturated heterocycles. The number of carbonyl (C=O) groups is 1. The lowest BCUT2D eigenvalue weighted by Gasteiger charge is -2.31. The monoisotopic (exact) mass is 493 g/mol. The van der Waals surface area contributed by atoms with Crippen molar-refractivity contribution in [1.29, 1.82) is 0 Å². The highest BCUT2D eigenvalue weighted by Crippen LogP contribution is 2.26. The number of piperidine rings is 2. The number of nitrogens with one attached hydrogen (secondary N) is 1. The Morgan fingerprint density at radius 2 is 1.83 bits per heavy atom. The van der Waals surface area contributed by atoms with Crippen molar-refractivity contribution in [2.75, 3.05) is 31.1 Å². The van der Waals surface area contributed by atoms with E-state index in [2.05, 4.69) is 49.5 Å². The molecule has 8 heteroatoms. The predicted octanol–water partition coefficient (Wildman–Crippen LogP) is 4.91. The molecule has 1 unspecified atom stereocenters. The van der Waals surface area contributed by atoms with Gasteiger partial charge in [0.2, 0.25) is 17.6 Å². The van der Waals surface area contributed by atoms with Crippen molar-refractivity contribution < 1.29 is 9.32 Å². The Morgan fingerprint density at radius 1 is 1.03 bits per heavy atom. The summed E-state index contributed by atoms with van der Waals surface area (Å²) in [7, 11) is 0. The van der Waals surface area contributed by atoms with Crippen molar-refractivity contribution in [2.45, 2.75) is 45.2 Å². The van der Waals surface area contributed by atoms with Crippen LogP contribution in [0.25, 0.3) is 11.4 Å². The van der Waals surface area contributed by atoms with Gasteiger partial charge in [0, 0.05) is 37.4 Å². The van der Waals surface area contributed by atoms with Crippen LogP contribution in [0.2, 0.25) is 5.02 Å². The Labute approximate surface area is 211 Å². The first-order valence-electron chi connectivity index (χ1n) is 12.6. The van der Waals surface area contributed by atoms with Crippen LogP contribution in [0.4, 0.5) is 5.69 Å². The SMILES string of the molecule is O=C(NCc1ccc(N2CCCCC2)cc1)C1CCCN(Cc2nc(-c3ccccc3Cl)no2)C1. The van der Waals surface area contributed by atoms with E-state index in [1.54, 1.807) is 0 Å². The molecule has 1 atom stereocenters. The maximum atomic E-state index is 12.9. The third-order valence-electron chi connectivity index (χ3n) is 6.94. The summed E-state index contributed by atoms with van der Waals surface area (Å²) in [6.07, 6.45) is 5.73. The zero-order chi connectivity index (χ0) is 24.0. The number of amides is 1. The van der Waals surface area contributed by atoms with Crippen LogP contribution in [0, 0.1) is 5.92 Å². The minimum absolute atomic E-state index is 0.0395. The van der Waals surface area contributed by atoms with Crippen LogP contribution in [-0.4, -0.2) is 47.1 Å². The summed E-state index contributed by atoms with van der Waals surface area (Å²) in [5.74, 6) is 1.09. The van der Waals surface area contributed by atoms with Crippen molar-refractivity contribution in [1.82, 2.24) is 20.4 Å². The highest BCUT2D eigenvalue weighted by Gasteiger charge is 2.27. The number of carbonyl (C=O) groups excluding carboxylic acids is 1. The molecular weight excluding hydrogens is 462 g/mol. The molecule has 7 nitrogen and oxygen atoms in total. The lowest BCUT2D eigenvalue weighted by molar-refractivity contribution is -0.127. The second-order valence-corrected chi connectivity index (χ2v) is 9.90. The number of rotatable bonds is 7. The summed E-state index contributed by atoms with van der Waals surface area (Å²) < 4.78 is 5.47. The number of nitrogens with zero attached hydrogens (tertiary/aromatic N) is 4. The highest BCUT2D eigenvalue weighted by atomic mass is 35.5. The van der Waals surface area contributed by atoms with Gasteiger partial charge in [-0.1, -0.05) is 41.0 Å². The van der Waals surface area contributed by atoms with E-state index in [1.165, 1.54) is 24.9 Å². The van der Waals surface area contributed by atoms with Crippen molar-refractivity contribution >= 4 is 23.2 Å². The summed E-state index contributed by atoms with van der Waals surface area (Å²) in [5.41, 5.74) is 3.16. The Bertz CT molecular complexity index is 1130. The number of hydrogen-bond donors (Lipinski definition) is 1. The molecule has 0 spiro atoms. The predicted molar refractivity (Wildman–Crippen MR) is 137 cm³/mol. The molecular formula is C27H32ClN5O2. The fourth-order valence-corrected chi connectivity index (χ4v) is 5.21. The van der Waals surface area contributed by atoms with Gasteiger partial charge in [-0.3, -0.25) is 9.69 Å². The van der Waals surface area contributed by atoms with Crippen molar-refractivity contribution in [2.24, 2.45) is 5.92 Å². The number of hydrogen-bond acceptors (Lipinski definition) is 6. The molecule has 0 bridgehead atoms. The zero-order valence-electron chi connectivity index (χ0n) is 20.0. The van der Waals surface area contributed by atoms with Gasteiger partial charge in [-0.15, -0.1) is 0 Å². The van der Waals surface area contributed by atoms with E-state index in [9.17, 15) is 4.79 Å². The van der Waals surface area contributed by atoms with Crippen LogP contribution in [0.5, 0.6) is 0 Å². The summed E-state index contributed by atoms with van der Waals surface area (Å²) in [4.78, 5) is 22.1. The highest BCUT2D eigenvalue weighted by molar-refractivity contribution is 6.33. The van der Waals surface area contributed by atoms with Crippen LogP contribution in [0.1, 0.15) is 43.6 Å². The number of benzene rings is 2. The number of likely N-dealkylation sites (tertiary alicyclic amines) is 1. The van der Waals surface area contributed by atoms with Crippen LogP contribution >= 0.6 is 11.6 Å². The van der Waals surface area contributed by atoms with Gasteiger partial charge < -0.3 is 14.7 Å². The van der Waals surface area contributed by atoms with Gasteiger partial charge in [0.1, 0.15) is 0 Å². The Morgan fingerprint density at radius 3 is 2.63 bits per heavy atom. The fraction of sp³-hybridized carbons (Fsp3) is 0.444. The van der Waals surface area contributed by atoms with Gasteiger partial charge in [-0.2, -0.15) is 4.98 Å². The number of halogens is 1. The van der Waals surface area contributed by atoms with E-state index >= 15 is 0 Å². The van der Waals surface area contributed by atoms with Crippen molar-refractivity contribution in [3.8, 4) is 11.4 Å². The smallest absolute Gasteiger partial charge is 0.241 e. The summed E-state index contributed by atoms with van der Waals surface area (Å²) in [6, 6.07) is 16.1. The molecule has 3 heterocycles. The van der Waals surface area contributed by atoms with E-state index in [1.807, 2.05) is 24.3 Å². The molecule has 2 aliphatic rings. The van der Waals surface area contributed by atoms with Gasteiger partial charge in [0.15, 0.2) is 0 Å². The summed E-state index contributed by atoms with van der Waals surface area (Å²) >= 11 is 6.25. The Kier molecular flexibility index (Phi) is 7.64. The molecule has 0 saturated carbocycles. The van der Waals surface area contributed by atoms with Crippen molar-refractivity contribution in [3.63, 3.8) is 0 Å². The lowest BCUT2D eigenvalue weighted by atomic mass is 9.97. The third-order valence-corrected chi connectivity index (χ3v) is 7.27. The van der Waals surface area contributed by atoms with Gasteiger partial charge in [-0.05, 0) is 68.5 Å². The van der Waals surface area contributed by atoms with Gasteiger partial charge in [0.25, 0.3) is 0 Å². The summed E-state index contributed by atoms with van der Waals surface area (Å²) in [6.45, 7) is 4.95. The van der Waals surface area contributed by atoms with Gasteiger partial charge in [0.05, 0.1) is 17.5 Å². The molecule has 35 heavy (non-hydrogen) atoms. The average Bonchev–Trinajstić information content (AvgIpc) is 3.36. The van der Waals surface area contributed by atoms with E-state index in [0.29, 0.717) is 36.4 Å². The summed E-state index contributed by atoms with van der Waals surface area (Å²) in [5, 5.41) is 7.82. The molecule has 3 aromatic rings. The first-order valence-corrected chi connectivity index (χ1v) is 12.9. The third kappa shape index (κ3) is 6.03. The number of anilines is 1. The van der Waals surface area contributed by atoms with E-state index < -0.39 is 0 Å². The molecule has 0 aliphatic carbocycles. The average molecular weight is 494 g/mol. The molecule has 2 aliphatic heterocycles. The Balaban J connectivity index is 1.12. The first-order chi connectivity index (χ1) is 17.2. The van der Waals surface area contributed by atoms with Crippen LogP contribution in [-0.2, 0) is 17.9 Å². The van der Waals surface area contributed by atoms with Gasteiger partial charge in [-0.25, -0.2) is 0 Å². The molecule has 0 radical (unpaired) electrons. The maximum Gasteiger partial charge on any atom is 0.241 e. The minimum Gasteiger partial charge on any atom is -0.372 e. The van der Waals surface area contributed by atoms with Crippen LogP contribution < -0.4 is 10.2 Å². The van der Waals surface area contributed by atoms with E-state index in [0.717, 1.165) is 43.6 Å². The molecule has 5 rings (SSSR count). The molecule has 2 fully saturated rings. The first kappa shape index (κ1) is 23.8. The normalized spacial score (nSPS) is 19.0. The van der Waals surface area contributed by atoms with Gasteiger partial charge >= 0.3 is 0 Å². The van der Waals surface area contributed by atoms with E-state index in [4.69, 9.17) is 16.1 Å². The van der Waals surface area contributed by atoms with Crippen LogP contribution in [0.3, 0.4) is 0 Å². The second kappa shape index (κ2) is 11.2. The van der Waals surface area contributed by atoms with Crippen molar-refractivity contribution in [3.05, 3.63) is 65.0 Å². The topological polar surface area (TPSA) is 74.5 Å². The largest absolute Gasteiger partial charge is 0.372 e. The van der Waals surface area contributed by atoms with E-state index in [-0.39, 0.29) is 11.8 Å². The number of aromatic nitrogens is 2. The zero-order valence-corrected chi connectivity index (χ0v) is 20.7.